The molecule has 0 aliphatic rings. The molecule has 7 heteroatoms. The van der Waals surface area contributed by atoms with Crippen molar-refractivity contribution in [2.45, 2.75) is 33.2 Å². The van der Waals surface area contributed by atoms with Gasteiger partial charge in [0, 0.05) is 22.7 Å². The van der Waals surface area contributed by atoms with Crippen LogP contribution in [0.2, 0.25) is 0 Å². The second-order valence-corrected chi connectivity index (χ2v) is 5.69. The Labute approximate surface area is 122 Å². The fourth-order valence-electron chi connectivity index (χ4n) is 1.79. The lowest BCUT2D eigenvalue weighted by Gasteiger charge is -2.20. The number of benzene rings is 1. The molecule has 1 aromatic carbocycles. The molecule has 0 bridgehead atoms. The van der Waals surface area contributed by atoms with Crippen LogP contribution in [0.5, 0.6) is 0 Å². The van der Waals surface area contributed by atoms with Gasteiger partial charge in [-0.05, 0) is 33.8 Å². The minimum Gasteiger partial charge on any atom is -0.350 e. The van der Waals surface area contributed by atoms with Crippen molar-refractivity contribution in [3.05, 3.63) is 39.4 Å². The Morgan fingerprint density at radius 3 is 2.43 bits per heavy atom. The average molecular weight is 293 g/mol. The summed E-state index contributed by atoms with van der Waals surface area (Å²) in [6, 6.07) is 4.26. The van der Waals surface area contributed by atoms with Gasteiger partial charge in [-0.25, -0.2) is 0 Å². The van der Waals surface area contributed by atoms with E-state index in [-0.39, 0.29) is 34.8 Å². The summed E-state index contributed by atoms with van der Waals surface area (Å²) < 4.78 is 0. The van der Waals surface area contributed by atoms with Gasteiger partial charge in [0.25, 0.3) is 11.6 Å². The van der Waals surface area contributed by atoms with E-state index in [1.54, 1.807) is 0 Å². The third-order valence-electron chi connectivity index (χ3n) is 2.67. The topological polar surface area (TPSA) is 101 Å². The van der Waals surface area contributed by atoms with Crippen molar-refractivity contribution in [2.24, 2.45) is 0 Å². The van der Waals surface area contributed by atoms with Crippen LogP contribution in [0.25, 0.3) is 0 Å². The molecule has 0 atom stereocenters. The highest BCUT2D eigenvalue weighted by molar-refractivity contribution is 5.98. The first-order chi connectivity index (χ1) is 9.61. The minimum atomic E-state index is -0.543. The molecule has 1 aromatic rings. The van der Waals surface area contributed by atoms with Gasteiger partial charge < -0.3 is 10.6 Å². The van der Waals surface area contributed by atoms with Crippen molar-refractivity contribution in [3.8, 4) is 0 Å². The predicted octanol–water partition coefficient (Wildman–Crippen LogP) is 1.55. The zero-order chi connectivity index (χ0) is 16.2. The third kappa shape index (κ3) is 4.87. The van der Waals surface area contributed by atoms with E-state index in [2.05, 4.69) is 10.6 Å². The standard InChI is InChI=1S/C14H19N3O4/c1-9-10(6-5-7-11(9)17(20)21)13(19)15-8-12(18)16-14(2,3)4/h5-7H,8H2,1-4H3,(H,15,19)(H,16,18). The molecule has 21 heavy (non-hydrogen) atoms. The summed E-state index contributed by atoms with van der Waals surface area (Å²) in [5, 5.41) is 16.0. The molecule has 0 saturated heterocycles. The molecule has 2 N–H and O–H groups in total. The molecular formula is C14H19N3O4. The second-order valence-electron chi connectivity index (χ2n) is 5.69. The van der Waals surface area contributed by atoms with Crippen LogP contribution in [0, 0.1) is 17.0 Å². The van der Waals surface area contributed by atoms with E-state index in [4.69, 9.17) is 0 Å². The van der Waals surface area contributed by atoms with Gasteiger partial charge in [-0.1, -0.05) is 6.07 Å². The molecule has 2 amide bonds. The smallest absolute Gasteiger partial charge is 0.273 e. The summed E-state index contributed by atoms with van der Waals surface area (Å²) in [6.07, 6.45) is 0. The quantitative estimate of drug-likeness (QED) is 0.649. The highest BCUT2D eigenvalue weighted by atomic mass is 16.6. The molecule has 0 aliphatic heterocycles. The summed E-state index contributed by atoms with van der Waals surface area (Å²) in [5.74, 6) is -0.834. The molecule has 0 spiro atoms. The number of carbonyl (C=O) groups excluding carboxylic acids is 2. The first kappa shape index (κ1) is 16.6. The molecule has 0 fully saturated rings. The van der Waals surface area contributed by atoms with Crippen molar-refractivity contribution in [1.82, 2.24) is 10.6 Å². The van der Waals surface area contributed by atoms with Gasteiger partial charge in [-0.3, -0.25) is 19.7 Å². The third-order valence-corrected chi connectivity index (χ3v) is 2.67. The molecule has 0 aliphatic carbocycles. The van der Waals surface area contributed by atoms with E-state index in [0.717, 1.165) is 0 Å². The van der Waals surface area contributed by atoms with Crippen molar-refractivity contribution in [2.75, 3.05) is 6.54 Å². The highest BCUT2D eigenvalue weighted by Crippen LogP contribution is 2.20. The van der Waals surface area contributed by atoms with Crippen LogP contribution in [0.15, 0.2) is 18.2 Å². The van der Waals surface area contributed by atoms with Gasteiger partial charge in [-0.15, -0.1) is 0 Å². The van der Waals surface area contributed by atoms with Gasteiger partial charge in [0.2, 0.25) is 5.91 Å². The maximum atomic E-state index is 12.0. The van der Waals surface area contributed by atoms with E-state index in [1.165, 1.54) is 25.1 Å². The van der Waals surface area contributed by atoms with Gasteiger partial charge in [0.05, 0.1) is 11.5 Å². The Hall–Kier alpha value is -2.44. The second kappa shape index (κ2) is 6.34. The number of carbonyl (C=O) groups is 2. The molecule has 0 unspecified atom stereocenters. The molecule has 0 heterocycles. The molecule has 114 valence electrons. The van der Waals surface area contributed by atoms with Gasteiger partial charge in [0.15, 0.2) is 0 Å². The van der Waals surface area contributed by atoms with E-state index in [0.29, 0.717) is 0 Å². The van der Waals surface area contributed by atoms with Crippen molar-refractivity contribution >= 4 is 17.5 Å². The fraction of sp³-hybridized carbons (Fsp3) is 0.429. The van der Waals surface area contributed by atoms with Crippen LogP contribution in [-0.4, -0.2) is 28.8 Å². The Balaban J connectivity index is 2.75. The zero-order valence-corrected chi connectivity index (χ0v) is 12.5. The number of nitrogens with one attached hydrogen (secondary N) is 2. The Kier molecular flexibility index (Phi) is 5.02. The van der Waals surface area contributed by atoms with E-state index < -0.39 is 10.8 Å². The van der Waals surface area contributed by atoms with Crippen LogP contribution < -0.4 is 10.6 Å². The number of amides is 2. The monoisotopic (exact) mass is 293 g/mol. The minimum absolute atomic E-state index is 0.123. The molecule has 1 rings (SSSR count). The Bertz CT molecular complexity index is 576. The first-order valence-corrected chi connectivity index (χ1v) is 6.45. The SMILES string of the molecule is Cc1c(C(=O)NCC(=O)NC(C)(C)C)cccc1[N+](=O)[O-]. The molecule has 0 radical (unpaired) electrons. The summed E-state index contributed by atoms with van der Waals surface area (Å²) in [4.78, 5) is 33.9. The highest BCUT2D eigenvalue weighted by Gasteiger charge is 2.19. The number of nitro groups is 1. The van der Waals surface area contributed by atoms with Gasteiger partial charge in [0.1, 0.15) is 0 Å². The Morgan fingerprint density at radius 1 is 1.29 bits per heavy atom. The van der Waals surface area contributed by atoms with E-state index in [1.807, 2.05) is 20.8 Å². The van der Waals surface area contributed by atoms with Crippen molar-refractivity contribution < 1.29 is 14.5 Å². The summed E-state index contributed by atoms with van der Waals surface area (Å²) in [7, 11) is 0. The fourth-order valence-corrected chi connectivity index (χ4v) is 1.79. The lowest BCUT2D eigenvalue weighted by Crippen LogP contribution is -2.45. The summed E-state index contributed by atoms with van der Waals surface area (Å²) in [5.41, 5.74) is -0.0470. The van der Waals surface area contributed by atoms with Crippen LogP contribution in [-0.2, 0) is 4.79 Å². The molecule has 7 nitrogen and oxygen atoms in total. The van der Waals surface area contributed by atoms with Crippen molar-refractivity contribution in [1.29, 1.82) is 0 Å². The van der Waals surface area contributed by atoms with E-state index in [9.17, 15) is 19.7 Å². The number of hydrogen-bond donors (Lipinski definition) is 2. The number of hydrogen-bond acceptors (Lipinski definition) is 4. The van der Waals surface area contributed by atoms with Gasteiger partial charge in [-0.2, -0.15) is 0 Å². The van der Waals surface area contributed by atoms with Crippen LogP contribution >= 0.6 is 0 Å². The van der Waals surface area contributed by atoms with Crippen molar-refractivity contribution in [3.63, 3.8) is 0 Å². The normalized spacial score (nSPS) is 10.9. The lowest BCUT2D eigenvalue weighted by molar-refractivity contribution is -0.385. The molecule has 0 saturated carbocycles. The van der Waals surface area contributed by atoms with E-state index >= 15 is 0 Å². The summed E-state index contributed by atoms with van der Waals surface area (Å²) >= 11 is 0. The van der Waals surface area contributed by atoms with Gasteiger partial charge >= 0.3 is 0 Å². The number of nitrogens with zero attached hydrogens (tertiary/aromatic N) is 1. The maximum Gasteiger partial charge on any atom is 0.273 e. The first-order valence-electron chi connectivity index (χ1n) is 6.45. The average Bonchev–Trinajstić information content (AvgIpc) is 2.33. The molecular weight excluding hydrogens is 274 g/mol. The zero-order valence-electron chi connectivity index (χ0n) is 12.5. The maximum absolute atomic E-state index is 12.0. The summed E-state index contributed by atoms with van der Waals surface area (Å²) in [6.45, 7) is 6.81. The predicted molar refractivity (Wildman–Crippen MR) is 78.1 cm³/mol. The largest absolute Gasteiger partial charge is 0.350 e. The lowest BCUT2D eigenvalue weighted by atomic mass is 10.1. The van der Waals surface area contributed by atoms with Crippen LogP contribution in [0.4, 0.5) is 5.69 Å². The Morgan fingerprint density at radius 2 is 1.90 bits per heavy atom. The molecule has 0 aromatic heterocycles. The van der Waals surface area contributed by atoms with Crippen LogP contribution in [0.1, 0.15) is 36.7 Å². The van der Waals surface area contributed by atoms with Crippen LogP contribution in [0.3, 0.4) is 0 Å². The number of rotatable bonds is 4. The number of nitro benzene ring substituents is 1.